The number of hydrogen-bond donors (Lipinski definition) is 0. The van der Waals surface area contributed by atoms with Gasteiger partial charge in [-0.25, -0.2) is 4.39 Å². The minimum Gasteiger partial charge on any atom is -0.206 e. The standard InChI is InChI=1S/C29H27F/c1-21-6-13-25(14-7-21)26-17-10-23(11-18-26)4-3-5-24-12-19-28(29(30)20-24)27-15-8-22(2)9-16-27/h6-20H,3-5H2,1-2H3. The molecule has 0 aliphatic rings. The van der Waals surface area contributed by atoms with E-state index in [0.29, 0.717) is 5.56 Å². The van der Waals surface area contributed by atoms with Gasteiger partial charge >= 0.3 is 0 Å². The van der Waals surface area contributed by atoms with Gasteiger partial charge in [0, 0.05) is 5.56 Å². The van der Waals surface area contributed by atoms with Gasteiger partial charge in [0.2, 0.25) is 0 Å². The first kappa shape index (κ1) is 20.1. The van der Waals surface area contributed by atoms with Crippen molar-refractivity contribution in [1.29, 1.82) is 0 Å². The third-order valence-corrected chi connectivity index (χ3v) is 5.67. The van der Waals surface area contributed by atoms with Crippen LogP contribution < -0.4 is 0 Å². The van der Waals surface area contributed by atoms with E-state index in [9.17, 15) is 4.39 Å². The SMILES string of the molecule is Cc1ccc(-c2ccc(CCCc3ccc(-c4ccc(C)cc4)c(F)c3)cc2)cc1. The summed E-state index contributed by atoms with van der Waals surface area (Å²) in [6, 6.07) is 31.1. The van der Waals surface area contributed by atoms with Crippen LogP contribution in [-0.2, 0) is 12.8 Å². The van der Waals surface area contributed by atoms with Crippen LogP contribution in [0.3, 0.4) is 0 Å². The van der Waals surface area contributed by atoms with Crippen LogP contribution in [0.4, 0.5) is 4.39 Å². The van der Waals surface area contributed by atoms with Gasteiger partial charge in [-0.1, -0.05) is 96.1 Å². The van der Waals surface area contributed by atoms with Gasteiger partial charge in [0.25, 0.3) is 0 Å². The van der Waals surface area contributed by atoms with Gasteiger partial charge in [-0.2, -0.15) is 0 Å². The molecule has 0 saturated carbocycles. The predicted octanol–water partition coefficient (Wildman–Crippen LogP) is 7.95. The molecule has 0 bridgehead atoms. The van der Waals surface area contributed by atoms with Crippen LogP contribution in [-0.4, -0.2) is 0 Å². The maximum atomic E-state index is 14.6. The molecule has 0 spiro atoms. The first-order chi connectivity index (χ1) is 14.6. The molecule has 0 aromatic heterocycles. The van der Waals surface area contributed by atoms with E-state index in [2.05, 4.69) is 61.5 Å². The number of halogens is 1. The summed E-state index contributed by atoms with van der Waals surface area (Å²) in [5.41, 5.74) is 8.93. The molecule has 0 aliphatic carbocycles. The summed E-state index contributed by atoms with van der Waals surface area (Å²) < 4.78 is 14.6. The first-order valence-corrected chi connectivity index (χ1v) is 10.6. The average molecular weight is 395 g/mol. The molecule has 0 atom stereocenters. The molecule has 0 amide bonds. The predicted molar refractivity (Wildman–Crippen MR) is 125 cm³/mol. The average Bonchev–Trinajstić information content (AvgIpc) is 2.76. The fourth-order valence-electron chi connectivity index (χ4n) is 3.79. The zero-order valence-corrected chi connectivity index (χ0v) is 17.7. The van der Waals surface area contributed by atoms with Crippen molar-refractivity contribution in [2.45, 2.75) is 33.1 Å². The Labute approximate surface area is 179 Å². The van der Waals surface area contributed by atoms with Crippen molar-refractivity contribution in [3.8, 4) is 22.3 Å². The Balaban J connectivity index is 1.35. The highest BCUT2D eigenvalue weighted by Crippen LogP contribution is 2.25. The van der Waals surface area contributed by atoms with E-state index >= 15 is 0 Å². The van der Waals surface area contributed by atoms with E-state index in [1.165, 1.54) is 27.8 Å². The molecule has 30 heavy (non-hydrogen) atoms. The molecule has 0 aliphatic heterocycles. The van der Waals surface area contributed by atoms with Gasteiger partial charge in [-0.05, 0) is 67.0 Å². The summed E-state index contributed by atoms with van der Waals surface area (Å²) in [4.78, 5) is 0. The summed E-state index contributed by atoms with van der Waals surface area (Å²) in [5.74, 6) is -0.140. The summed E-state index contributed by atoms with van der Waals surface area (Å²) in [6.07, 6.45) is 2.88. The van der Waals surface area contributed by atoms with Crippen molar-refractivity contribution in [2.75, 3.05) is 0 Å². The van der Waals surface area contributed by atoms with Gasteiger partial charge in [0.1, 0.15) is 5.82 Å². The fraction of sp³-hybridized carbons (Fsp3) is 0.172. The molecule has 1 heteroatoms. The lowest BCUT2D eigenvalue weighted by Crippen LogP contribution is -1.93. The summed E-state index contributed by atoms with van der Waals surface area (Å²) >= 11 is 0. The zero-order valence-electron chi connectivity index (χ0n) is 17.7. The molecule has 4 aromatic rings. The molecule has 0 unspecified atom stereocenters. The van der Waals surface area contributed by atoms with Crippen LogP contribution >= 0.6 is 0 Å². The highest BCUT2D eigenvalue weighted by Gasteiger charge is 2.06. The Bertz CT molecular complexity index is 1100. The van der Waals surface area contributed by atoms with E-state index in [4.69, 9.17) is 0 Å². The second-order valence-electron chi connectivity index (χ2n) is 8.10. The van der Waals surface area contributed by atoms with Gasteiger partial charge in [-0.3, -0.25) is 0 Å². The quantitative estimate of drug-likeness (QED) is 0.311. The maximum absolute atomic E-state index is 14.6. The number of aryl methyl sites for hydroxylation is 4. The van der Waals surface area contributed by atoms with Crippen molar-refractivity contribution in [1.82, 2.24) is 0 Å². The van der Waals surface area contributed by atoms with Gasteiger partial charge in [0.15, 0.2) is 0 Å². The number of rotatable bonds is 6. The van der Waals surface area contributed by atoms with E-state index in [1.54, 1.807) is 6.07 Å². The summed E-state index contributed by atoms with van der Waals surface area (Å²) in [6.45, 7) is 4.15. The smallest absolute Gasteiger partial charge is 0.131 e. The molecule has 4 aromatic carbocycles. The Kier molecular flexibility index (Phi) is 6.09. The number of hydrogen-bond acceptors (Lipinski definition) is 0. The van der Waals surface area contributed by atoms with Crippen LogP contribution in [0.5, 0.6) is 0 Å². The molecule has 150 valence electrons. The lowest BCUT2D eigenvalue weighted by Gasteiger charge is -2.08. The van der Waals surface area contributed by atoms with Crippen LogP contribution in [0.25, 0.3) is 22.3 Å². The molecule has 0 saturated heterocycles. The second kappa shape index (κ2) is 9.09. The van der Waals surface area contributed by atoms with Crippen LogP contribution in [0, 0.1) is 19.7 Å². The zero-order chi connectivity index (χ0) is 20.9. The van der Waals surface area contributed by atoms with Crippen molar-refractivity contribution in [3.05, 3.63) is 119 Å². The van der Waals surface area contributed by atoms with E-state index in [0.717, 1.165) is 30.4 Å². The highest BCUT2D eigenvalue weighted by atomic mass is 19.1. The fourth-order valence-corrected chi connectivity index (χ4v) is 3.79. The third-order valence-electron chi connectivity index (χ3n) is 5.67. The molecule has 0 radical (unpaired) electrons. The van der Waals surface area contributed by atoms with Crippen molar-refractivity contribution in [2.24, 2.45) is 0 Å². The van der Waals surface area contributed by atoms with E-state index < -0.39 is 0 Å². The minimum absolute atomic E-state index is 0.140. The molecule has 0 heterocycles. The second-order valence-corrected chi connectivity index (χ2v) is 8.10. The lowest BCUT2D eigenvalue weighted by molar-refractivity contribution is 0.628. The van der Waals surface area contributed by atoms with Gasteiger partial charge < -0.3 is 0 Å². The Morgan fingerprint density at radius 1 is 0.533 bits per heavy atom. The molecule has 0 N–H and O–H groups in total. The molecule has 4 rings (SSSR count). The highest BCUT2D eigenvalue weighted by molar-refractivity contribution is 5.65. The van der Waals surface area contributed by atoms with Crippen molar-refractivity contribution >= 4 is 0 Å². The van der Waals surface area contributed by atoms with Crippen LogP contribution in [0.15, 0.2) is 91.0 Å². The lowest BCUT2D eigenvalue weighted by atomic mass is 9.98. The van der Waals surface area contributed by atoms with Gasteiger partial charge in [-0.15, -0.1) is 0 Å². The Morgan fingerprint density at radius 2 is 1.00 bits per heavy atom. The van der Waals surface area contributed by atoms with Crippen molar-refractivity contribution < 1.29 is 4.39 Å². The monoisotopic (exact) mass is 394 g/mol. The van der Waals surface area contributed by atoms with E-state index in [-0.39, 0.29) is 5.82 Å². The topological polar surface area (TPSA) is 0 Å². The molecule has 0 nitrogen and oxygen atoms in total. The largest absolute Gasteiger partial charge is 0.206 e. The Morgan fingerprint density at radius 3 is 1.57 bits per heavy atom. The van der Waals surface area contributed by atoms with Crippen LogP contribution in [0.1, 0.15) is 28.7 Å². The van der Waals surface area contributed by atoms with E-state index in [1.807, 2.05) is 37.3 Å². The number of benzene rings is 4. The van der Waals surface area contributed by atoms with Crippen LogP contribution in [0.2, 0.25) is 0 Å². The molecular formula is C29H27F. The van der Waals surface area contributed by atoms with Crippen molar-refractivity contribution in [3.63, 3.8) is 0 Å². The molecule has 0 fully saturated rings. The third kappa shape index (κ3) is 4.86. The first-order valence-electron chi connectivity index (χ1n) is 10.6. The summed E-state index contributed by atoms with van der Waals surface area (Å²) in [5, 5.41) is 0. The van der Waals surface area contributed by atoms with Gasteiger partial charge in [0.05, 0.1) is 0 Å². The minimum atomic E-state index is -0.140. The normalized spacial score (nSPS) is 10.9. The maximum Gasteiger partial charge on any atom is 0.131 e. The summed E-state index contributed by atoms with van der Waals surface area (Å²) in [7, 11) is 0. The molecular weight excluding hydrogens is 367 g/mol. The Hall–Kier alpha value is -3.19.